The molecular weight excluding hydrogens is 625 g/mol. The second kappa shape index (κ2) is 14.7. The summed E-state index contributed by atoms with van der Waals surface area (Å²) in [6.07, 6.45) is 9.50. The first-order valence-corrected chi connectivity index (χ1v) is 18.7. The van der Waals surface area contributed by atoms with Crippen LogP contribution in [0.25, 0.3) is 10.9 Å². The van der Waals surface area contributed by atoms with Crippen molar-refractivity contribution in [1.82, 2.24) is 18.9 Å². The molecule has 13 heteroatoms. The third kappa shape index (κ3) is 7.58. The number of nitrogens with one attached hydrogen (secondary N) is 2. The number of nitrogens with two attached hydrogens (primary N) is 1. The molecule has 0 radical (unpaired) electrons. The van der Waals surface area contributed by atoms with Gasteiger partial charge < -0.3 is 20.4 Å². The average molecular weight is 674 g/mol. The molecule has 2 saturated carbocycles. The number of alkyl halides is 1. The molecule has 2 aromatic rings. The number of carbonyl (C=O) groups excluding carboxylic acids is 3. The molecule has 47 heavy (non-hydrogen) atoms. The molecular formula is C34H48FN5O6S. The molecule has 3 atom stereocenters. The van der Waals surface area contributed by atoms with E-state index in [1.807, 2.05) is 17.0 Å². The van der Waals surface area contributed by atoms with Crippen LogP contribution in [-0.4, -0.2) is 91.8 Å². The predicted octanol–water partition coefficient (Wildman–Crippen LogP) is 3.49. The van der Waals surface area contributed by atoms with Crippen molar-refractivity contribution in [1.29, 1.82) is 0 Å². The zero-order valence-electron chi connectivity index (χ0n) is 27.0. The van der Waals surface area contributed by atoms with Crippen LogP contribution in [0.1, 0.15) is 80.3 Å². The summed E-state index contributed by atoms with van der Waals surface area (Å²) in [4.78, 5) is 45.9. The van der Waals surface area contributed by atoms with Gasteiger partial charge in [-0.3, -0.25) is 14.4 Å². The Kier molecular flexibility index (Phi) is 10.6. The van der Waals surface area contributed by atoms with Gasteiger partial charge in [0.15, 0.2) is 5.78 Å². The zero-order valence-corrected chi connectivity index (χ0v) is 27.8. The molecule has 258 valence electrons. The lowest BCUT2D eigenvalue weighted by Crippen LogP contribution is -2.48. The first kappa shape index (κ1) is 34.0. The van der Waals surface area contributed by atoms with E-state index in [9.17, 15) is 27.2 Å². The minimum absolute atomic E-state index is 0.0315. The van der Waals surface area contributed by atoms with E-state index in [4.69, 9.17) is 10.5 Å². The van der Waals surface area contributed by atoms with Crippen molar-refractivity contribution < 1.29 is 31.9 Å². The topological polar surface area (TPSA) is 155 Å². The van der Waals surface area contributed by atoms with Gasteiger partial charge in [-0.1, -0.05) is 38.2 Å². The minimum Gasteiger partial charge on any atom is -0.379 e. The molecule has 2 aliphatic heterocycles. The van der Waals surface area contributed by atoms with Gasteiger partial charge in [-0.25, -0.2) is 9.11 Å². The Labute approximate surface area is 276 Å². The number of morpholine rings is 1. The van der Waals surface area contributed by atoms with Gasteiger partial charge in [0.1, 0.15) is 12.4 Å². The molecule has 4 aliphatic rings. The Hall–Kier alpha value is -2.87. The van der Waals surface area contributed by atoms with E-state index in [2.05, 4.69) is 9.71 Å². The van der Waals surface area contributed by atoms with E-state index in [0.29, 0.717) is 36.2 Å². The SMILES string of the molecule is N[C@H](CF)C1CCC(C(=O)N2CC[C@@H](C3CCCCC3)[C@H]2C(=O)Cc2ccc3[nH]c(C(=O)NS(=O)(=O)N4CCOCC4)cc3c2)CC1. The molecule has 1 aromatic carbocycles. The van der Waals surface area contributed by atoms with Crippen LogP contribution in [0.5, 0.6) is 0 Å². The van der Waals surface area contributed by atoms with Crippen molar-refractivity contribution in [2.24, 2.45) is 29.4 Å². The van der Waals surface area contributed by atoms with Crippen LogP contribution < -0.4 is 10.5 Å². The fourth-order valence-corrected chi connectivity index (χ4v) is 9.53. The molecule has 2 amide bonds. The van der Waals surface area contributed by atoms with Crippen LogP contribution in [-0.2, 0) is 31.0 Å². The Morgan fingerprint density at radius 2 is 1.70 bits per heavy atom. The zero-order chi connectivity index (χ0) is 33.1. The highest BCUT2D eigenvalue weighted by Gasteiger charge is 2.46. The van der Waals surface area contributed by atoms with E-state index in [1.165, 1.54) is 10.7 Å². The highest BCUT2D eigenvalue weighted by Crippen LogP contribution is 2.41. The number of H-pyrrole nitrogens is 1. The van der Waals surface area contributed by atoms with Crippen LogP contribution in [0.2, 0.25) is 0 Å². The smallest absolute Gasteiger partial charge is 0.304 e. The largest absolute Gasteiger partial charge is 0.379 e. The number of halogens is 1. The van der Waals surface area contributed by atoms with Gasteiger partial charge in [0.2, 0.25) is 5.91 Å². The van der Waals surface area contributed by atoms with E-state index >= 15 is 0 Å². The van der Waals surface area contributed by atoms with Crippen LogP contribution >= 0.6 is 0 Å². The van der Waals surface area contributed by atoms with Crippen molar-refractivity contribution in [3.8, 4) is 0 Å². The number of likely N-dealkylation sites (tertiary alicyclic amines) is 1. The lowest BCUT2D eigenvalue weighted by Gasteiger charge is -2.37. The molecule has 0 bridgehead atoms. The van der Waals surface area contributed by atoms with Gasteiger partial charge in [-0.15, -0.1) is 0 Å². The number of aromatic amines is 1. The monoisotopic (exact) mass is 673 g/mol. The second-order valence-electron chi connectivity index (χ2n) is 14.0. The van der Waals surface area contributed by atoms with Crippen LogP contribution in [0.3, 0.4) is 0 Å². The summed E-state index contributed by atoms with van der Waals surface area (Å²) in [5.41, 5.74) is 7.49. The maximum atomic E-state index is 14.2. The van der Waals surface area contributed by atoms with Crippen molar-refractivity contribution in [2.75, 3.05) is 39.5 Å². The van der Waals surface area contributed by atoms with Crippen molar-refractivity contribution >= 4 is 38.7 Å². The van der Waals surface area contributed by atoms with Crippen molar-refractivity contribution in [2.45, 2.75) is 82.7 Å². The van der Waals surface area contributed by atoms with Gasteiger partial charge in [-0.2, -0.15) is 12.7 Å². The maximum Gasteiger partial charge on any atom is 0.304 e. The molecule has 4 N–H and O–H groups in total. The van der Waals surface area contributed by atoms with Gasteiger partial charge in [-0.05, 0) is 73.6 Å². The third-order valence-corrected chi connectivity index (χ3v) is 12.5. The number of nitrogens with zero attached hydrogens (tertiary/aromatic N) is 2. The lowest BCUT2D eigenvalue weighted by atomic mass is 9.75. The molecule has 6 rings (SSSR count). The molecule has 3 heterocycles. The van der Waals surface area contributed by atoms with Gasteiger partial charge >= 0.3 is 10.2 Å². The second-order valence-corrected chi connectivity index (χ2v) is 15.6. The molecule has 0 spiro atoms. The van der Waals surface area contributed by atoms with Crippen molar-refractivity contribution in [3.63, 3.8) is 0 Å². The summed E-state index contributed by atoms with van der Waals surface area (Å²) in [7, 11) is -4.01. The highest BCUT2D eigenvalue weighted by atomic mass is 32.2. The number of hydrogen-bond acceptors (Lipinski definition) is 7. The van der Waals surface area contributed by atoms with Crippen LogP contribution in [0.4, 0.5) is 4.39 Å². The first-order valence-electron chi connectivity index (χ1n) is 17.3. The Bertz CT molecular complexity index is 1550. The molecule has 0 unspecified atom stereocenters. The molecule has 4 fully saturated rings. The molecule has 1 aromatic heterocycles. The minimum atomic E-state index is -4.01. The van der Waals surface area contributed by atoms with Crippen molar-refractivity contribution in [3.05, 3.63) is 35.5 Å². The van der Waals surface area contributed by atoms with Crippen LogP contribution in [0, 0.1) is 23.7 Å². The summed E-state index contributed by atoms with van der Waals surface area (Å²) in [6, 6.07) is 6.13. The first-order chi connectivity index (χ1) is 22.6. The van der Waals surface area contributed by atoms with Gasteiger partial charge in [0.05, 0.1) is 19.3 Å². The lowest BCUT2D eigenvalue weighted by molar-refractivity contribution is -0.143. The number of benzene rings is 1. The number of carbonyl (C=O) groups is 3. The number of fused-ring (bicyclic) bond motifs is 1. The molecule has 2 saturated heterocycles. The van der Waals surface area contributed by atoms with E-state index in [-0.39, 0.29) is 67.9 Å². The Balaban J connectivity index is 1.16. The summed E-state index contributed by atoms with van der Waals surface area (Å²) in [5, 5.41) is 0.690. The van der Waals surface area contributed by atoms with Crippen LogP contribution in [0.15, 0.2) is 24.3 Å². The van der Waals surface area contributed by atoms with E-state index < -0.39 is 34.9 Å². The summed E-state index contributed by atoms with van der Waals surface area (Å²) in [5.74, 6) is -0.174. The predicted molar refractivity (Wildman–Crippen MR) is 175 cm³/mol. The number of ether oxygens (including phenoxy) is 1. The third-order valence-electron chi connectivity index (χ3n) is 11.1. The van der Waals surface area contributed by atoms with Gasteiger partial charge in [0.25, 0.3) is 5.91 Å². The number of hydrogen-bond donors (Lipinski definition) is 3. The fraction of sp³-hybridized carbons (Fsp3) is 0.676. The van der Waals surface area contributed by atoms with E-state index in [0.717, 1.165) is 50.5 Å². The number of ketones is 1. The van der Waals surface area contributed by atoms with Gasteiger partial charge in [0, 0.05) is 48.9 Å². The summed E-state index contributed by atoms with van der Waals surface area (Å²) in [6.45, 7) is 0.936. The fourth-order valence-electron chi connectivity index (χ4n) is 8.43. The quantitative estimate of drug-likeness (QED) is 0.349. The average Bonchev–Trinajstić information content (AvgIpc) is 3.73. The highest BCUT2D eigenvalue weighted by molar-refractivity contribution is 7.87. The van der Waals surface area contributed by atoms with E-state index in [1.54, 1.807) is 12.1 Å². The standard InChI is InChI=1S/C34H48FN5O6S/c35-21-28(36)24-7-9-25(10-8-24)34(43)40-13-12-27(23-4-2-1-3-5-23)32(40)31(41)19-22-6-11-29-26(18-22)20-30(37-29)33(42)38-47(44,45)39-14-16-46-17-15-39/h6,11,18,20,23-25,27-28,32,37H,1-5,7-10,12-17,19,21,36H2,(H,38,42)/t24?,25?,27-,28+,32-/m0/s1. The number of aromatic nitrogens is 1. The summed E-state index contributed by atoms with van der Waals surface area (Å²) < 4.78 is 47.1. The molecule has 2 aliphatic carbocycles. The number of Topliss-reactive ketones (excluding diaryl/α,β-unsaturated/α-hetero) is 1. The summed E-state index contributed by atoms with van der Waals surface area (Å²) >= 11 is 0. The molecule has 11 nitrogen and oxygen atoms in total. The normalized spacial score (nSPS) is 27.1. The Morgan fingerprint density at radius 3 is 2.40 bits per heavy atom. The Morgan fingerprint density at radius 1 is 0.979 bits per heavy atom. The number of rotatable bonds is 10. The number of amides is 2. The maximum absolute atomic E-state index is 14.2.